The smallest absolute Gasteiger partial charge is 0.317 e. The molecule has 0 atom stereocenters. The maximum atomic E-state index is 12.2. The number of aliphatic hydroxyl groups is 1. The van der Waals surface area contributed by atoms with Gasteiger partial charge < -0.3 is 15.3 Å². The third-order valence-electron chi connectivity index (χ3n) is 3.24. The molecule has 2 amide bonds. The summed E-state index contributed by atoms with van der Waals surface area (Å²) in [6.45, 7) is 6.45. The molecule has 0 aliphatic rings. The van der Waals surface area contributed by atoms with E-state index in [9.17, 15) is 9.90 Å². The highest BCUT2D eigenvalue weighted by atomic mass is 16.3. The van der Waals surface area contributed by atoms with Crippen LogP contribution in [-0.4, -0.2) is 49.5 Å². The van der Waals surface area contributed by atoms with Crippen LogP contribution in [0.4, 0.5) is 4.79 Å². The fourth-order valence-corrected chi connectivity index (χ4v) is 2.18. The molecule has 0 saturated carbocycles. The zero-order chi connectivity index (χ0) is 16.9. The number of urea groups is 1. The van der Waals surface area contributed by atoms with Crippen molar-refractivity contribution in [2.24, 2.45) is 0 Å². The van der Waals surface area contributed by atoms with E-state index >= 15 is 0 Å². The average Bonchev–Trinajstić information content (AvgIpc) is 3.04. The second-order valence-corrected chi connectivity index (χ2v) is 5.96. The Bertz CT molecular complexity index is 634. The van der Waals surface area contributed by atoms with Crippen molar-refractivity contribution in [2.45, 2.75) is 32.9 Å². The number of nitrogens with one attached hydrogen (secondary N) is 1. The molecule has 2 aromatic rings. The highest BCUT2D eigenvalue weighted by molar-refractivity contribution is 5.74. The number of likely N-dealkylation sites (N-methyl/N-ethyl adjacent to an activating group) is 1. The van der Waals surface area contributed by atoms with E-state index in [1.165, 1.54) is 0 Å². The Hall–Kier alpha value is -2.41. The van der Waals surface area contributed by atoms with Crippen molar-refractivity contribution in [3.63, 3.8) is 0 Å². The molecule has 7 heteroatoms. The Kier molecular flexibility index (Phi) is 5.33. The van der Waals surface area contributed by atoms with Crippen LogP contribution in [0.3, 0.4) is 0 Å². The molecule has 2 rings (SSSR count). The molecule has 2 N–H and O–H groups in total. The molecule has 0 unspecified atom stereocenters. The Labute approximate surface area is 136 Å². The van der Waals surface area contributed by atoms with E-state index in [4.69, 9.17) is 0 Å². The molecule has 7 nitrogen and oxygen atoms in total. The number of rotatable bonds is 6. The van der Waals surface area contributed by atoms with Gasteiger partial charge in [-0.25, -0.2) is 14.5 Å². The van der Waals surface area contributed by atoms with Crippen LogP contribution in [0.2, 0.25) is 0 Å². The van der Waals surface area contributed by atoms with Crippen LogP contribution in [0.1, 0.15) is 26.3 Å². The Morgan fingerprint density at radius 3 is 2.83 bits per heavy atom. The highest BCUT2D eigenvalue weighted by Crippen LogP contribution is 2.08. The molecule has 0 aromatic carbocycles. The molecule has 2 heterocycles. The van der Waals surface area contributed by atoms with Crippen molar-refractivity contribution in [3.05, 3.63) is 42.4 Å². The van der Waals surface area contributed by atoms with Gasteiger partial charge in [-0.05, 0) is 44.5 Å². The summed E-state index contributed by atoms with van der Waals surface area (Å²) < 4.78 is 1.66. The van der Waals surface area contributed by atoms with Gasteiger partial charge in [0.2, 0.25) is 0 Å². The first-order valence-electron chi connectivity index (χ1n) is 7.59. The van der Waals surface area contributed by atoms with E-state index in [-0.39, 0.29) is 12.6 Å². The molecule has 124 valence electrons. The second-order valence-electron chi connectivity index (χ2n) is 5.96. The largest absolute Gasteiger partial charge is 0.389 e. The van der Waals surface area contributed by atoms with Crippen molar-refractivity contribution >= 4 is 6.03 Å². The minimum Gasteiger partial charge on any atom is -0.389 e. The summed E-state index contributed by atoms with van der Waals surface area (Å²) in [5.74, 6) is 0.700. The van der Waals surface area contributed by atoms with Crippen LogP contribution in [0.15, 0.2) is 36.8 Å². The summed E-state index contributed by atoms with van der Waals surface area (Å²) in [7, 11) is 0. The molecule has 0 saturated heterocycles. The van der Waals surface area contributed by atoms with E-state index in [0.29, 0.717) is 18.9 Å². The van der Waals surface area contributed by atoms with Crippen molar-refractivity contribution in [1.29, 1.82) is 0 Å². The fraction of sp³-hybridized carbons (Fsp3) is 0.438. The van der Waals surface area contributed by atoms with Gasteiger partial charge in [-0.2, -0.15) is 5.10 Å². The lowest BCUT2D eigenvalue weighted by atomic mass is 10.1. The van der Waals surface area contributed by atoms with Gasteiger partial charge in [0.15, 0.2) is 5.82 Å². The third-order valence-corrected chi connectivity index (χ3v) is 3.24. The van der Waals surface area contributed by atoms with Gasteiger partial charge in [0.05, 0.1) is 12.1 Å². The summed E-state index contributed by atoms with van der Waals surface area (Å²) >= 11 is 0. The molecule has 0 fully saturated rings. The topological polar surface area (TPSA) is 83.3 Å². The van der Waals surface area contributed by atoms with E-state index in [2.05, 4.69) is 15.4 Å². The van der Waals surface area contributed by atoms with Gasteiger partial charge in [0.25, 0.3) is 0 Å². The van der Waals surface area contributed by atoms with E-state index in [0.717, 1.165) is 5.56 Å². The number of carbonyl (C=O) groups is 1. The third kappa shape index (κ3) is 5.07. The molecule has 23 heavy (non-hydrogen) atoms. The fourth-order valence-electron chi connectivity index (χ4n) is 2.18. The van der Waals surface area contributed by atoms with Gasteiger partial charge in [-0.3, -0.25) is 0 Å². The maximum absolute atomic E-state index is 12.2. The number of hydrogen-bond acceptors (Lipinski definition) is 4. The molecule has 0 aliphatic carbocycles. The number of nitrogens with zero attached hydrogens (tertiary/aromatic N) is 4. The van der Waals surface area contributed by atoms with Crippen LogP contribution in [0.25, 0.3) is 5.82 Å². The molecule has 2 aromatic heterocycles. The van der Waals surface area contributed by atoms with Crippen LogP contribution < -0.4 is 5.32 Å². The summed E-state index contributed by atoms with van der Waals surface area (Å²) in [6.07, 6.45) is 5.19. The normalized spacial score (nSPS) is 11.3. The molecule has 0 radical (unpaired) electrons. The lowest BCUT2D eigenvalue weighted by Gasteiger charge is -2.28. The van der Waals surface area contributed by atoms with Crippen LogP contribution in [0, 0.1) is 0 Å². The predicted octanol–water partition coefficient (Wildman–Crippen LogP) is 1.57. The van der Waals surface area contributed by atoms with Crippen LogP contribution in [-0.2, 0) is 6.54 Å². The second kappa shape index (κ2) is 7.23. The SMILES string of the molecule is CCN(CC(C)(C)O)C(=O)NCc1ccnc(-n2cccn2)c1. The van der Waals surface area contributed by atoms with Gasteiger partial charge in [-0.1, -0.05) is 0 Å². The minimum absolute atomic E-state index is 0.202. The first kappa shape index (κ1) is 17.0. The molecular weight excluding hydrogens is 294 g/mol. The minimum atomic E-state index is -0.919. The molecule has 0 bridgehead atoms. The molecule has 0 spiro atoms. The number of aromatic nitrogens is 3. The van der Waals surface area contributed by atoms with Crippen molar-refractivity contribution in [3.8, 4) is 5.82 Å². The number of amides is 2. The van der Waals surface area contributed by atoms with Gasteiger partial charge >= 0.3 is 6.03 Å². The molecular formula is C16H23N5O2. The zero-order valence-corrected chi connectivity index (χ0v) is 13.7. The van der Waals surface area contributed by atoms with Gasteiger partial charge in [-0.15, -0.1) is 0 Å². The summed E-state index contributed by atoms with van der Waals surface area (Å²) in [4.78, 5) is 18.0. The Balaban J connectivity index is 1.97. The van der Waals surface area contributed by atoms with Crippen molar-refractivity contribution < 1.29 is 9.90 Å². The zero-order valence-electron chi connectivity index (χ0n) is 13.7. The summed E-state index contributed by atoms with van der Waals surface area (Å²) in [5, 5.41) is 16.9. The van der Waals surface area contributed by atoms with Crippen molar-refractivity contribution in [2.75, 3.05) is 13.1 Å². The predicted molar refractivity (Wildman–Crippen MR) is 87.1 cm³/mol. The number of pyridine rings is 1. The van der Waals surface area contributed by atoms with E-state index in [1.54, 1.807) is 35.8 Å². The summed E-state index contributed by atoms with van der Waals surface area (Å²) in [5.41, 5.74) is 0.00949. The average molecular weight is 317 g/mol. The van der Waals surface area contributed by atoms with E-state index < -0.39 is 5.60 Å². The first-order valence-corrected chi connectivity index (χ1v) is 7.59. The van der Waals surface area contributed by atoms with E-state index in [1.807, 2.05) is 31.3 Å². The lowest BCUT2D eigenvalue weighted by Crippen LogP contribution is -2.46. The first-order chi connectivity index (χ1) is 10.9. The van der Waals surface area contributed by atoms with Gasteiger partial charge in [0, 0.05) is 31.7 Å². The van der Waals surface area contributed by atoms with Crippen LogP contribution >= 0.6 is 0 Å². The Morgan fingerprint density at radius 1 is 1.43 bits per heavy atom. The Morgan fingerprint density at radius 2 is 2.22 bits per heavy atom. The van der Waals surface area contributed by atoms with Crippen LogP contribution in [0.5, 0.6) is 0 Å². The van der Waals surface area contributed by atoms with Gasteiger partial charge in [0.1, 0.15) is 0 Å². The number of hydrogen-bond donors (Lipinski definition) is 2. The standard InChI is InChI=1S/C16H23N5O2/c1-4-20(12-16(2,3)23)15(22)18-11-13-6-8-17-14(10-13)21-9-5-7-19-21/h5-10,23H,4,11-12H2,1-3H3,(H,18,22). The highest BCUT2D eigenvalue weighted by Gasteiger charge is 2.20. The molecule has 0 aliphatic heterocycles. The lowest BCUT2D eigenvalue weighted by molar-refractivity contribution is 0.0480. The maximum Gasteiger partial charge on any atom is 0.317 e. The summed E-state index contributed by atoms with van der Waals surface area (Å²) in [6, 6.07) is 5.34. The van der Waals surface area contributed by atoms with Crippen molar-refractivity contribution in [1.82, 2.24) is 25.0 Å². The number of carbonyl (C=O) groups excluding carboxylic acids is 1. The quantitative estimate of drug-likeness (QED) is 0.847. The monoisotopic (exact) mass is 317 g/mol.